The lowest BCUT2D eigenvalue weighted by Gasteiger charge is -2.11. The zero-order chi connectivity index (χ0) is 18.7. The number of H-pyrrole nitrogens is 1. The largest absolute Gasteiger partial charge is 0.497 e. The van der Waals surface area contributed by atoms with Gasteiger partial charge in [0.15, 0.2) is 11.8 Å². The minimum Gasteiger partial charge on any atom is -0.497 e. The zero-order valence-corrected chi connectivity index (χ0v) is 15.6. The van der Waals surface area contributed by atoms with Gasteiger partial charge >= 0.3 is 5.91 Å². The number of carbonyl (C=O) groups excluding carboxylic acids is 1. The van der Waals surface area contributed by atoms with Crippen LogP contribution in [-0.4, -0.2) is 29.2 Å². The summed E-state index contributed by atoms with van der Waals surface area (Å²) in [6, 6.07) is 12.3. The number of methoxy groups -OCH3 is 1. The summed E-state index contributed by atoms with van der Waals surface area (Å²) < 4.78 is 11.4. The molecule has 0 bridgehead atoms. The molecule has 1 unspecified atom stereocenters. The summed E-state index contributed by atoms with van der Waals surface area (Å²) in [5.41, 5.74) is 0.890. The minimum absolute atomic E-state index is 0.154. The fraction of sp³-hybridized carbons (Fsp3) is 0.167. The first-order valence-electron chi connectivity index (χ1n) is 7.74. The summed E-state index contributed by atoms with van der Waals surface area (Å²) in [6.07, 6.45) is -0.828. The van der Waals surface area contributed by atoms with E-state index in [1.165, 1.54) is 0 Å². The van der Waals surface area contributed by atoms with Gasteiger partial charge in [-0.25, -0.2) is 0 Å². The number of carbonyl (C=O) groups is 1. The molecule has 0 saturated carbocycles. The van der Waals surface area contributed by atoms with Gasteiger partial charge in [-0.05, 0) is 49.4 Å². The zero-order valence-electron chi connectivity index (χ0n) is 14.1. The predicted molar refractivity (Wildman–Crippen MR) is 100 cm³/mol. The van der Waals surface area contributed by atoms with Crippen molar-refractivity contribution < 1.29 is 19.4 Å². The molecule has 3 rings (SSSR count). The molecule has 134 valence electrons. The number of halogens is 1. The van der Waals surface area contributed by atoms with Crippen molar-refractivity contribution >= 4 is 38.4 Å². The third kappa shape index (κ3) is 3.85. The Hall–Kier alpha value is -2.87. The molecule has 0 saturated heterocycles. The van der Waals surface area contributed by atoms with Crippen molar-refractivity contribution in [3.63, 3.8) is 0 Å². The summed E-state index contributed by atoms with van der Waals surface area (Å²) in [5, 5.41) is 18.2. The Morgan fingerprint density at radius 2 is 1.88 bits per heavy atom. The second kappa shape index (κ2) is 7.57. The molecule has 0 aliphatic rings. The van der Waals surface area contributed by atoms with Crippen LogP contribution in [0.15, 0.2) is 57.2 Å². The van der Waals surface area contributed by atoms with Gasteiger partial charge in [0.05, 0.1) is 12.6 Å². The van der Waals surface area contributed by atoms with Crippen molar-refractivity contribution in [2.24, 2.45) is 10.2 Å². The second-order valence-corrected chi connectivity index (χ2v) is 6.40. The van der Waals surface area contributed by atoms with Crippen molar-refractivity contribution in [1.29, 1.82) is 0 Å². The van der Waals surface area contributed by atoms with Crippen molar-refractivity contribution in [3.8, 4) is 17.4 Å². The third-order valence-electron chi connectivity index (χ3n) is 3.68. The molecule has 1 atom stereocenters. The van der Waals surface area contributed by atoms with Crippen LogP contribution >= 0.6 is 15.9 Å². The fourth-order valence-corrected chi connectivity index (χ4v) is 2.69. The van der Waals surface area contributed by atoms with Crippen LogP contribution in [0, 0.1) is 0 Å². The Kier molecular flexibility index (Phi) is 5.22. The molecule has 1 heterocycles. The van der Waals surface area contributed by atoms with Crippen LogP contribution in [0.3, 0.4) is 0 Å². The van der Waals surface area contributed by atoms with Gasteiger partial charge in [-0.2, -0.15) is 0 Å². The number of aromatic amines is 1. The predicted octanol–water partition coefficient (Wildman–Crippen LogP) is 4.72. The standard InChI is InChI=1S/C18H16BrN3O4/c1-10(26-13-6-4-12(25-2)5-7-13)17(23)22-21-16-14-9-11(19)3-8-15(14)20-18(16)24/h3-10,20,24H,1-2H3. The van der Waals surface area contributed by atoms with E-state index in [1.54, 1.807) is 50.4 Å². The molecule has 3 aromatic rings. The molecule has 1 amide bonds. The molecule has 0 radical (unpaired) electrons. The smallest absolute Gasteiger partial charge is 0.304 e. The van der Waals surface area contributed by atoms with Crippen LogP contribution in [0.2, 0.25) is 0 Å². The molecule has 26 heavy (non-hydrogen) atoms. The average Bonchev–Trinajstić information content (AvgIpc) is 2.94. The number of amides is 1. The van der Waals surface area contributed by atoms with Crippen molar-refractivity contribution in [3.05, 3.63) is 46.9 Å². The molecule has 0 aliphatic carbocycles. The summed E-state index contributed by atoms with van der Waals surface area (Å²) in [5.74, 6) is 0.487. The highest BCUT2D eigenvalue weighted by atomic mass is 79.9. The summed E-state index contributed by atoms with van der Waals surface area (Å²) >= 11 is 3.36. The molecular weight excluding hydrogens is 402 g/mol. The van der Waals surface area contributed by atoms with E-state index < -0.39 is 12.0 Å². The maximum absolute atomic E-state index is 12.2. The van der Waals surface area contributed by atoms with E-state index in [2.05, 4.69) is 31.1 Å². The highest BCUT2D eigenvalue weighted by Gasteiger charge is 2.16. The quantitative estimate of drug-likeness (QED) is 0.586. The van der Waals surface area contributed by atoms with Gasteiger partial charge < -0.3 is 19.6 Å². The number of hydrogen-bond donors (Lipinski definition) is 2. The Morgan fingerprint density at radius 1 is 1.19 bits per heavy atom. The number of hydrogen-bond acceptors (Lipinski definition) is 5. The Bertz CT molecular complexity index is 966. The molecule has 0 spiro atoms. The molecule has 7 nitrogen and oxygen atoms in total. The molecule has 1 aromatic heterocycles. The van der Waals surface area contributed by atoms with Gasteiger partial charge in [-0.3, -0.25) is 4.79 Å². The lowest BCUT2D eigenvalue weighted by Crippen LogP contribution is -2.21. The number of benzene rings is 2. The van der Waals surface area contributed by atoms with Gasteiger partial charge in [-0.15, -0.1) is 10.2 Å². The van der Waals surface area contributed by atoms with Crippen LogP contribution in [0.5, 0.6) is 17.4 Å². The number of rotatable bonds is 5. The number of nitrogens with zero attached hydrogens (tertiary/aromatic N) is 2. The number of aromatic nitrogens is 1. The summed E-state index contributed by atoms with van der Waals surface area (Å²) in [4.78, 5) is 15.0. The number of nitrogens with one attached hydrogen (secondary N) is 1. The van der Waals surface area contributed by atoms with Crippen molar-refractivity contribution in [2.75, 3.05) is 7.11 Å². The highest BCUT2D eigenvalue weighted by molar-refractivity contribution is 9.10. The lowest BCUT2D eigenvalue weighted by molar-refractivity contribution is -0.124. The van der Waals surface area contributed by atoms with E-state index in [-0.39, 0.29) is 11.6 Å². The molecular formula is C18H16BrN3O4. The topological polar surface area (TPSA) is 96.3 Å². The maximum Gasteiger partial charge on any atom is 0.304 e. The molecule has 0 aliphatic heterocycles. The first-order valence-corrected chi connectivity index (χ1v) is 8.53. The van der Waals surface area contributed by atoms with E-state index in [9.17, 15) is 9.90 Å². The lowest BCUT2D eigenvalue weighted by atomic mass is 10.2. The van der Waals surface area contributed by atoms with E-state index in [4.69, 9.17) is 9.47 Å². The van der Waals surface area contributed by atoms with Crippen LogP contribution in [0.25, 0.3) is 10.9 Å². The number of fused-ring (bicyclic) bond motifs is 1. The Balaban J connectivity index is 1.74. The van der Waals surface area contributed by atoms with Gasteiger partial charge in [0.25, 0.3) is 0 Å². The normalized spacial score (nSPS) is 12.4. The first kappa shape index (κ1) is 17.9. The van der Waals surface area contributed by atoms with Gasteiger partial charge in [0.1, 0.15) is 11.5 Å². The van der Waals surface area contributed by atoms with Gasteiger partial charge in [0, 0.05) is 9.86 Å². The SMILES string of the molecule is COc1ccc(OC(C)C(=O)N=Nc2c(O)[nH]c3ccc(Br)cc23)cc1. The van der Waals surface area contributed by atoms with E-state index >= 15 is 0 Å². The Morgan fingerprint density at radius 3 is 2.58 bits per heavy atom. The van der Waals surface area contributed by atoms with E-state index in [0.29, 0.717) is 22.4 Å². The van der Waals surface area contributed by atoms with Crippen molar-refractivity contribution in [1.82, 2.24) is 4.98 Å². The summed E-state index contributed by atoms with van der Waals surface area (Å²) in [7, 11) is 1.57. The monoisotopic (exact) mass is 417 g/mol. The van der Waals surface area contributed by atoms with E-state index in [1.807, 2.05) is 6.07 Å². The molecule has 2 N–H and O–H groups in total. The minimum atomic E-state index is -0.828. The first-order chi connectivity index (χ1) is 12.5. The van der Waals surface area contributed by atoms with Crippen molar-refractivity contribution in [2.45, 2.75) is 13.0 Å². The third-order valence-corrected chi connectivity index (χ3v) is 4.18. The number of azo groups is 1. The average molecular weight is 418 g/mol. The van der Waals surface area contributed by atoms with Crippen LogP contribution < -0.4 is 9.47 Å². The van der Waals surface area contributed by atoms with Crippen LogP contribution in [0.4, 0.5) is 5.69 Å². The van der Waals surface area contributed by atoms with Crippen LogP contribution in [0.1, 0.15) is 6.92 Å². The molecule has 2 aromatic carbocycles. The highest BCUT2D eigenvalue weighted by Crippen LogP contribution is 2.36. The molecule has 0 fully saturated rings. The van der Waals surface area contributed by atoms with Crippen LogP contribution in [-0.2, 0) is 4.79 Å². The second-order valence-electron chi connectivity index (χ2n) is 5.49. The maximum atomic E-state index is 12.2. The Labute approximate surface area is 157 Å². The number of aromatic hydroxyl groups is 1. The molecule has 8 heteroatoms. The van der Waals surface area contributed by atoms with E-state index in [0.717, 1.165) is 4.47 Å². The fourth-order valence-electron chi connectivity index (χ4n) is 2.33. The van der Waals surface area contributed by atoms with Gasteiger partial charge in [0.2, 0.25) is 5.88 Å². The summed E-state index contributed by atoms with van der Waals surface area (Å²) in [6.45, 7) is 1.58. The van der Waals surface area contributed by atoms with Gasteiger partial charge in [-0.1, -0.05) is 15.9 Å². The number of ether oxygens (including phenoxy) is 2.